The van der Waals surface area contributed by atoms with Crippen LogP contribution in [0.4, 0.5) is 0 Å². The van der Waals surface area contributed by atoms with Crippen molar-refractivity contribution < 1.29 is 14.3 Å². The van der Waals surface area contributed by atoms with E-state index in [2.05, 4.69) is 13.8 Å². The van der Waals surface area contributed by atoms with Gasteiger partial charge in [-0.3, -0.25) is 4.79 Å². The summed E-state index contributed by atoms with van der Waals surface area (Å²) >= 11 is 0. The van der Waals surface area contributed by atoms with Crippen molar-refractivity contribution in [3.8, 4) is 11.5 Å². The van der Waals surface area contributed by atoms with E-state index in [1.165, 1.54) is 6.42 Å². The number of ether oxygens (including phenoxy) is 2. The molecular formula is C17H22O3. The van der Waals surface area contributed by atoms with Gasteiger partial charge < -0.3 is 9.47 Å². The number of Topliss-reactive ketones (excluding diaryl/α,β-unsaturated/α-hetero) is 1. The van der Waals surface area contributed by atoms with Crippen molar-refractivity contribution in [2.45, 2.75) is 45.1 Å². The number of rotatable bonds is 1. The molecule has 0 amide bonds. The second-order valence-corrected chi connectivity index (χ2v) is 6.29. The van der Waals surface area contributed by atoms with E-state index in [0.717, 1.165) is 18.6 Å². The average Bonchev–Trinajstić information content (AvgIpc) is 2.44. The zero-order chi connectivity index (χ0) is 14.3. The lowest BCUT2D eigenvalue weighted by Gasteiger charge is -2.47. The number of carbonyl (C=O) groups excluding carboxylic acids is 1. The molecule has 3 heteroatoms. The molecule has 0 aromatic heterocycles. The first-order valence-electron chi connectivity index (χ1n) is 7.46. The minimum Gasteiger partial charge on any atom is -0.497 e. The third-order valence-corrected chi connectivity index (χ3v) is 5.20. The van der Waals surface area contributed by atoms with Crippen LogP contribution in [0.1, 0.15) is 49.9 Å². The number of hydrogen-bond donors (Lipinski definition) is 0. The first-order valence-corrected chi connectivity index (χ1v) is 7.46. The number of hydrogen-bond acceptors (Lipinski definition) is 3. The monoisotopic (exact) mass is 274 g/mol. The lowest BCUT2D eigenvalue weighted by Crippen LogP contribution is -2.51. The van der Waals surface area contributed by atoms with Gasteiger partial charge in [-0.1, -0.05) is 20.3 Å². The van der Waals surface area contributed by atoms with Crippen molar-refractivity contribution in [2.75, 3.05) is 7.11 Å². The molecule has 3 unspecified atom stereocenters. The van der Waals surface area contributed by atoms with Gasteiger partial charge in [0.15, 0.2) is 5.78 Å². The summed E-state index contributed by atoms with van der Waals surface area (Å²) in [6.07, 6.45) is 3.86. The fraction of sp³-hybridized carbons (Fsp3) is 0.588. The predicted molar refractivity (Wildman–Crippen MR) is 77.5 cm³/mol. The summed E-state index contributed by atoms with van der Waals surface area (Å²) in [6, 6.07) is 5.53. The molecule has 1 aliphatic carbocycles. The number of fused-ring (bicyclic) bond motifs is 1. The maximum Gasteiger partial charge on any atom is 0.170 e. The van der Waals surface area contributed by atoms with Crippen LogP contribution in [0.5, 0.6) is 11.5 Å². The van der Waals surface area contributed by atoms with Crippen LogP contribution in [-0.2, 0) is 0 Å². The maximum absolute atomic E-state index is 12.5. The second-order valence-electron chi connectivity index (χ2n) is 6.29. The molecule has 108 valence electrons. The van der Waals surface area contributed by atoms with E-state index < -0.39 is 0 Å². The summed E-state index contributed by atoms with van der Waals surface area (Å²) < 4.78 is 11.5. The summed E-state index contributed by atoms with van der Waals surface area (Å²) in [5.41, 5.74) is 0.372. The molecule has 2 aliphatic rings. The molecule has 1 heterocycles. The van der Waals surface area contributed by atoms with Gasteiger partial charge in [-0.05, 0) is 42.9 Å². The Morgan fingerprint density at radius 3 is 2.90 bits per heavy atom. The smallest absolute Gasteiger partial charge is 0.170 e. The number of ketones is 1. The highest BCUT2D eigenvalue weighted by Gasteiger charge is 2.48. The van der Waals surface area contributed by atoms with E-state index in [0.29, 0.717) is 29.6 Å². The van der Waals surface area contributed by atoms with E-state index in [1.807, 2.05) is 12.1 Å². The Morgan fingerprint density at radius 2 is 2.15 bits per heavy atom. The molecule has 1 aromatic carbocycles. The van der Waals surface area contributed by atoms with Crippen LogP contribution in [0.3, 0.4) is 0 Å². The average molecular weight is 274 g/mol. The molecule has 20 heavy (non-hydrogen) atoms. The van der Waals surface area contributed by atoms with Crippen LogP contribution in [0.15, 0.2) is 18.2 Å². The van der Waals surface area contributed by atoms with E-state index in [9.17, 15) is 4.79 Å². The second kappa shape index (κ2) is 4.80. The number of carbonyl (C=O) groups is 1. The Labute approximate surface area is 120 Å². The Bertz CT molecular complexity index is 537. The summed E-state index contributed by atoms with van der Waals surface area (Å²) in [5.74, 6) is 2.64. The van der Waals surface area contributed by atoms with Crippen molar-refractivity contribution in [3.63, 3.8) is 0 Å². The van der Waals surface area contributed by atoms with Crippen molar-refractivity contribution in [3.05, 3.63) is 23.8 Å². The van der Waals surface area contributed by atoms with Gasteiger partial charge in [0.1, 0.15) is 17.1 Å². The summed E-state index contributed by atoms with van der Waals surface area (Å²) in [4.78, 5) is 12.5. The molecule has 3 rings (SSSR count). The fourth-order valence-corrected chi connectivity index (χ4v) is 3.68. The Morgan fingerprint density at radius 1 is 1.35 bits per heavy atom. The molecule has 3 nitrogen and oxygen atoms in total. The first-order chi connectivity index (χ1) is 9.55. The zero-order valence-corrected chi connectivity index (χ0v) is 12.4. The third kappa shape index (κ3) is 2.00. The lowest BCUT2D eigenvalue weighted by atomic mass is 9.67. The minimum atomic E-state index is -0.295. The highest BCUT2D eigenvalue weighted by molar-refractivity contribution is 6.00. The predicted octanol–water partition coefficient (Wildman–Crippen LogP) is 3.86. The molecule has 0 N–H and O–H groups in total. The highest BCUT2D eigenvalue weighted by Crippen LogP contribution is 2.47. The van der Waals surface area contributed by atoms with E-state index in [4.69, 9.17) is 9.47 Å². The van der Waals surface area contributed by atoms with Crippen LogP contribution >= 0.6 is 0 Å². The largest absolute Gasteiger partial charge is 0.497 e. The first kappa shape index (κ1) is 13.5. The summed E-state index contributed by atoms with van der Waals surface area (Å²) in [5, 5.41) is 0. The van der Waals surface area contributed by atoms with Gasteiger partial charge in [-0.25, -0.2) is 0 Å². The summed E-state index contributed by atoms with van der Waals surface area (Å²) in [6.45, 7) is 4.49. The van der Waals surface area contributed by atoms with E-state index in [1.54, 1.807) is 13.2 Å². The van der Waals surface area contributed by atoms with Crippen LogP contribution in [0.25, 0.3) is 0 Å². The van der Waals surface area contributed by atoms with Crippen molar-refractivity contribution >= 4 is 5.78 Å². The molecule has 3 atom stereocenters. The van der Waals surface area contributed by atoms with Crippen molar-refractivity contribution in [1.29, 1.82) is 0 Å². The molecule has 0 radical (unpaired) electrons. The molecular weight excluding hydrogens is 252 g/mol. The minimum absolute atomic E-state index is 0.186. The van der Waals surface area contributed by atoms with Crippen LogP contribution in [0, 0.1) is 11.8 Å². The Balaban J connectivity index is 1.98. The standard InChI is InChI=1S/C17H22O3/c1-11-5-4-8-17(12(11)2)10-15(18)14-9-13(19-3)6-7-16(14)20-17/h6-7,9,11-12H,4-5,8,10H2,1-3H3. The van der Waals surface area contributed by atoms with Crippen LogP contribution < -0.4 is 9.47 Å². The van der Waals surface area contributed by atoms with Crippen molar-refractivity contribution in [1.82, 2.24) is 0 Å². The van der Waals surface area contributed by atoms with E-state index >= 15 is 0 Å². The maximum atomic E-state index is 12.5. The lowest BCUT2D eigenvalue weighted by molar-refractivity contribution is -0.0466. The molecule has 1 fully saturated rings. The number of benzene rings is 1. The topological polar surface area (TPSA) is 35.5 Å². The zero-order valence-electron chi connectivity index (χ0n) is 12.4. The van der Waals surface area contributed by atoms with Gasteiger partial charge in [-0.2, -0.15) is 0 Å². The quantitative estimate of drug-likeness (QED) is 0.780. The van der Waals surface area contributed by atoms with Crippen molar-refractivity contribution in [2.24, 2.45) is 11.8 Å². The van der Waals surface area contributed by atoms with Gasteiger partial charge in [0, 0.05) is 0 Å². The molecule has 1 spiro atoms. The third-order valence-electron chi connectivity index (χ3n) is 5.20. The molecule has 0 bridgehead atoms. The molecule has 0 saturated heterocycles. The van der Waals surface area contributed by atoms with Gasteiger partial charge in [0.25, 0.3) is 0 Å². The van der Waals surface area contributed by atoms with Crippen LogP contribution in [-0.4, -0.2) is 18.5 Å². The van der Waals surface area contributed by atoms with E-state index in [-0.39, 0.29) is 11.4 Å². The van der Waals surface area contributed by atoms with Gasteiger partial charge in [0.2, 0.25) is 0 Å². The van der Waals surface area contributed by atoms with Crippen LogP contribution in [0.2, 0.25) is 0 Å². The SMILES string of the molecule is COc1ccc2c(c1)C(=O)CC1(CCCC(C)C1C)O2. The summed E-state index contributed by atoms with van der Waals surface area (Å²) in [7, 11) is 1.61. The van der Waals surface area contributed by atoms with Gasteiger partial charge in [0.05, 0.1) is 19.1 Å². The molecule has 1 aromatic rings. The molecule has 1 aliphatic heterocycles. The van der Waals surface area contributed by atoms with Gasteiger partial charge >= 0.3 is 0 Å². The molecule has 1 saturated carbocycles. The Hall–Kier alpha value is -1.51. The Kier molecular flexibility index (Phi) is 3.23. The normalized spacial score (nSPS) is 32.6. The van der Waals surface area contributed by atoms with Gasteiger partial charge in [-0.15, -0.1) is 0 Å². The highest BCUT2D eigenvalue weighted by atomic mass is 16.5. The number of methoxy groups -OCH3 is 1. The fourth-order valence-electron chi connectivity index (χ4n) is 3.68.